The highest BCUT2D eigenvalue weighted by molar-refractivity contribution is 14.1. The summed E-state index contributed by atoms with van der Waals surface area (Å²) in [6.45, 7) is 0. The first-order chi connectivity index (χ1) is 9.15. The number of hydrogen-bond acceptors (Lipinski definition) is 4. The maximum Gasteiger partial charge on any atom is 0.271 e. The van der Waals surface area contributed by atoms with Gasteiger partial charge < -0.3 is 0 Å². The summed E-state index contributed by atoms with van der Waals surface area (Å²) in [6.07, 6.45) is 0. The third-order valence-electron chi connectivity index (χ3n) is 2.23. The number of non-ortho nitro benzene ring substituents is 1. The molecular formula is C12H9IN4O2. The lowest BCUT2D eigenvalue weighted by atomic mass is 10.3. The molecular weight excluding hydrogens is 359 g/mol. The minimum absolute atomic E-state index is 0.00876. The van der Waals surface area contributed by atoms with Crippen LogP contribution in [0.25, 0.3) is 0 Å². The van der Waals surface area contributed by atoms with Crippen LogP contribution in [-0.2, 0) is 0 Å². The highest BCUT2D eigenvalue weighted by Crippen LogP contribution is 2.18. The van der Waals surface area contributed by atoms with Gasteiger partial charge in [0.15, 0.2) is 0 Å². The molecule has 0 amide bonds. The summed E-state index contributed by atoms with van der Waals surface area (Å²) in [5, 5.41) is 18.4. The van der Waals surface area contributed by atoms with Gasteiger partial charge in [-0.1, -0.05) is 11.3 Å². The van der Waals surface area contributed by atoms with Crippen LogP contribution in [0.3, 0.4) is 0 Å². The van der Waals surface area contributed by atoms with Crippen LogP contribution in [0, 0.1) is 13.7 Å². The van der Waals surface area contributed by atoms with Crippen molar-refractivity contribution in [3.8, 4) is 0 Å². The van der Waals surface area contributed by atoms with E-state index in [1.807, 2.05) is 24.3 Å². The van der Waals surface area contributed by atoms with Crippen molar-refractivity contribution in [1.29, 1.82) is 0 Å². The first kappa shape index (κ1) is 13.4. The molecule has 1 N–H and O–H groups in total. The third kappa shape index (κ3) is 3.98. The quantitative estimate of drug-likeness (QED) is 0.378. The molecule has 96 valence electrons. The molecule has 2 aromatic rings. The number of rotatable bonds is 4. The van der Waals surface area contributed by atoms with Crippen LogP contribution in [-0.4, -0.2) is 4.92 Å². The van der Waals surface area contributed by atoms with Crippen LogP contribution in [0.2, 0.25) is 0 Å². The number of anilines is 1. The molecule has 0 aliphatic heterocycles. The van der Waals surface area contributed by atoms with Gasteiger partial charge in [0.25, 0.3) is 5.69 Å². The van der Waals surface area contributed by atoms with Crippen molar-refractivity contribution < 1.29 is 4.92 Å². The van der Waals surface area contributed by atoms with Gasteiger partial charge in [-0.3, -0.25) is 15.5 Å². The SMILES string of the molecule is O=[N+]([O-])c1cccc(NN=Nc2ccc(I)cc2)c1. The van der Waals surface area contributed by atoms with Gasteiger partial charge in [0.2, 0.25) is 0 Å². The van der Waals surface area contributed by atoms with E-state index in [1.165, 1.54) is 12.1 Å². The van der Waals surface area contributed by atoms with Gasteiger partial charge in [0, 0.05) is 15.7 Å². The summed E-state index contributed by atoms with van der Waals surface area (Å²) in [5.41, 5.74) is 3.89. The first-order valence-electron chi connectivity index (χ1n) is 5.32. The summed E-state index contributed by atoms with van der Waals surface area (Å²) in [6, 6.07) is 13.6. The topological polar surface area (TPSA) is 79.9 Å². The molecule has 0 radical (unpaired) electrons. The minimum atomic E-state index is -0.457. The van der Waals surface area contributed by atoms with Crippen LogP contribution < -0.4 is 5.43 Å². The lowest BCUT2D eigenvalue weighted by Gasteiger charge is -1.98. The Balaban J connectivity index is 2.04. The van der Waals surface area contributed by atoms with E-state index in [0.717, 1.165) is 3.57 Å². The third-order valence-corrected chi connectivity index (χ3v) is 2.95. The number of halogens is 1. The second-order valence-corrected chi connectivity index (χ2v) is 4.84. The molecule has 0 aliphatic carbocycles. The zero-order valence-electron chi connectivity index (χ0n) is 9.65. The van der Waals surface area contributed by atoms with E-state index in [2.05, 4.69) is 38.4 Å². The van der Waals surface area contributed by atoms with E-state index in [-0.39, 0.29) is 5.69 Å². The van der Waals surface area contributed by atoms with Crippen LogP contribution in [0.5, 0.6) is 0 Å². The summed E-state index contributed by atoms with van der Waals surface area (Å²) in [4.78, 5) is 10.1. The second kappa shape index (κ2) is 6.23. The van der Waals surface area contributed by atoms with Crippen molar-refractivity contribution in [2.75, 3.05) is 5.43 Å². The van der Waals surface area contributed by atoms with Gasteiger partial charge >= 0.3 is 0 Å². The molecule has 0 unspecified atom stereocenters. The molecule has 0 atom stereocenters. The molecule has 0 fully saturated rings. The van der Waals surface area contributed by atoms with Crippen LogP contribution in [0.4, 0.5) is 17.1 Å². The smallest absolute Gasteiger partial charge is 0.260 e. The highest BCUT2D eigenvalue weighted by atomic mass is 127. The van der Waals surface area contributed by atoms with Gasteiger partial charge in [0.1, 0.15) is 0 Å². The lowest BCUT2D eigenvalue weighted by Crippen LogP contribution is -1.90. The monoisotopic (exact) mass is 368 g/mol. The maximum atomic E-state index is 10.6. The van der Waals surface area contributed by atoms with E-state index in [9.17, 15) is 10.1 Å². The largest absolute Gasteiger partial charge is 0.271 e. The molecule has 19 heavy (non-hydrogen) atoms. The van der Waals surface area contributed by atoms with Crippen LogP contribution in [0.1, 0.15) is 0 Å². The Morgan fingerprint density at radius 3 is 2.58 bits per heavy atom. The summed E-state index contributed by atoms with van der Waals surface area (Å²) in [7, 11) is 0. The second-order valence-electron chi connectivity index (χ2n) is 3.60. The fraction of sp³-hybridized carbons (Fsp3) is 0. The van der Waals surface area contributed by atoms with E-state index < -0.39 is 4.92 Å². The number of nitro groups is 1. The molecule has 0 bridgehead atoms. The average Bonchev–Trinajstić information content (AvgIpc) is 2.41. The molecule has 2 rings (SSSR count). The Labute approximate surface area is 122 Å². The van der Waals surface area contributed by atoms with Crippen molar-refractivity contribution in [3.63, 3.8) is 0 Å². The van der Waals surface area contributed by atoms with E-state index in [4.69, 9.17) is 0 Å². The van der Waals surface area contributed by atoms with Gasteiger partial charge in [-0.2, -0.15) is 0 Å². The van der Waals surface area contributed by atoms with Crippen LogP contribution in [0.15, 0.2) is 58.9 Å². The fourth-order valence-corrected chi connectivity index (χ4v) is 1.70. The van der Waals surface area contributed by atoms with Crippen molar-refractivity contribution in [2.45, 2.75) is 0 Å². The summed E-state index contributed by atoms with van der Waals surface area (Å²) >= 11 is 2.20. The highest BCUT2D eigenvalue weighted by Gasteiger charge is 2.04. The number of nitro benzene ring substituents is 1. The molecule has 0 spiro atoms. The molecule has 0 saturated carbocycles. The summed E-state index contributed by atoms with van der Waals surface area (Å²) in [5.74, 6) is 0. The normalized spacial score (nSPS) is 10.6. The van der Waals surface area contributed by atoms with Gasteiger partial charge in [-0.15, -0.1) is 5.11 Å². The lowest BCUT2D eigenvalue weighted by molar-refractivity contribution is -0.384. The molecule has 0 saturated heterocycles. The van der Waals surface area contributed by atoms with Gasteiger partial charge in [0.05, 0.1) is 16.3 Å². The Bertz CT molecular complexity index is 613. The van der Waals surface area contributed by atoms with Crippen molar-refractivity contribution in [2.24, 2.45) is 10.3 Å². The molecule has 0 aliphatic rings. The van der Waals surface area contributed by atoms with E-state index in [1.54, 1.807) is 12.1 Å². The maximum absolute atomic E-state index is 10.6. The van der Waals surface area contributed by atoms with Gasteiger partial charge in [-0.25, -0.2) is 0 Å². The molecule has 0 aromatic heterocycles. The van der Waals surface area contributed by atoms with E-state index >= 15 is 0 Å². The minimum Gasteiger partial charge on any atom is -0.260 e. The van der Waals surface area contributed by atoms with E-state index in [0.29, 0.717) is 11.4 Å². The first-order valence-corrected chi connectivity index (χ1v) is 6.40. The molecule has 2 aromatic carbocycles. The standard InChI is InChI=1S/C12H9IN4O2/c13-9-4-6-10(7-5-9)14-16-15-11-2-1-3-12(8-11)17(18)19/h1-8H,(H,14,15). The Morgan fingerprint density at radius 2 is 1.89 bits per heavy atom. The van der Waals surface area contributed by atoms with Crippen LogP contribution >= 0.6 is 22.6 Å². The van der Waals surface area contributed by atoms with Crippen molar-refractivity contribution in [3.05, 3.63) is 62.2 Å². The average molecular weight is 368 g/mol. The molecule has 6 nitrogen and oxygen atoms in total. The Hall–Kier alpha value is -2.03. The predicted molar refractivity (Wildman–Crippen MR) is 80.4 cm³/mol. The fourth-order valence-electron chi connectivity index (χ4n) is 1.34. The Morgan fingerprint density at radius 1 is 1.16 bits per heavy atom. The Kier molecular flexibility index (Phi) is 4.39. The number of nitrogens with one attached hydrogen (secondary N) is 1. The number of nitrogens with zero attached hydrogens (tertiary/aromatic N) is 3. The predicted octanol–water partition coefficient (Wildman–Crippen LogP) is 4.31. The molecule has 0 heterocycles. The molecule has 7 heteroatoms. The summed E-state index contributed by atoms with van der Waals surface area (Å²) < 4.78 is 1.11. The number of hydrogen-bond donors (Lipinski definition) is 1. The van der Waals surface area contributed by atoms with Gasteiger partial charge in [-0.05, 0) is 52.9 Å². The van der Waals surface area contributed by atoms with Crippen molar-refractivity contribution >= 4 is 39.7 Å². The number of benzene rings is 2. The van der Waals surface area contributed by atoms with Crippen molar-refractivity contribution in [1.82, 2.24) is 0 Å². The zero-order chi connectivity index (χ0) is 13.7. The zero-order valence-corrected chi connectivity index (χ0v) is 11.8.